The van der Waals surface area contributed by atoms with Crippen LogP contribution in [0.4, 0.5) is 5.95 Å². The van der Waals surface area contributed by atoms with Gasteiger partial charge in [0, 0.05) is 49.4 Å². The predicted molar refractivity (Wildman–Crippen MR) is 112 cm³/mol. The number of piperidine rings is 1. The number of pyridine rings is 1. The van der Waals surface area contributed by atoms with Crippen molar-refractivity contribution in [3.8, 4) is 0 Å². The van der Waals surface area contributed by atoms with Crippen molar-refractivity contribution in [2.75, 3.05) is 25.5 Å². The van der Waals surface area contributed by atoms with Crippen LogP contribution in [0.5, 0.6) is 0 Å². The summed E-state index contributed by atoms with van der Waals surface area (Å²) in [6.07, 6.45) is 7.39. The number of nitrogens with zero attached hydrogens (tertiary/aromatic N) is 4. The highest BCUT2D eigenvalue weighted by Gasteiger charge is 2.27. The van der Waals surface area contributed by atoms with E-state index in [1.54, 1.807) is 6.20 Å². The summed E-state index contributed by atoms with van der Waals surface area (Å²) in [5.41, 5.74) is 1.42. The van der Waals surface area contributed by atoms with Gasteiger partial charge in [-0.2, -0.15) is 17.7 Å². The molecule has 2 fully saturated rings. The Kier molecular flexibility index (Phi) is 5.58. The van der Waals surface area contributed by atoms with Crippen LogP contribution in [-0.2, 0) is 10.2 Å². The average Bonchev–Trinajstić information content (AvgIpc) is 3.24. The lowest BCUT2D eigenvalue weighted by Gasteiger charge is -2.31. The molecule has 1 saturated heterocycles. The highest BCUT2D eigenvalue weighted by atomic mass is 32.2. The van der Waals surface area contributed by atoms with Crippen LogP contribution in [0.25, 0.3) is 11.0 Å². The molecule has 0 atom stereocenters. The van der Waals surface area contributed by atoms with Crippen LogP contribution in [0.15, 0.2) is 17.1 Å². The van der Waals surface area contributed by atoms with Crippen LogP contribution in [0.3, 0.4) is 0 Å². The maximum Gasteiger partial charge on any atom is 0.279 e. The molecule has 9 nitrogen and oxygen atoms in total. The third-order valence-corrected chi connectivity index (χ3v) is 7.59. The molecule has 29 heavy (non-hydrogen) atoms. The zero-order valence-corrected chi connectivity index (χ0v) is 17.7. The molecule has 1 aliphatic heterocycles. The van der Waals surface area contributed by atoms with Crippen LogP contribution in [0, 0.1) is 6.92 Å². The summed E-state index contributed by atoms with van der Waals surface area (Å²) in [7, 11) is -1.96. The lowest BCUT2D eigenvalue weighted by Crippen LogP contribution is -2.46. The van der Waals surface area contributed by atoms with E-state index in [0.717, 1.165) is 31.1 Å². The Morgan fingerprint density at radius 2 is 1.83 bits per heavy atom. The Morgan fingerprint density at radius 1 is 1.14 bits per heavy atom. The van der Waals surface area contributed by atoms with Crippen LogP contribution >= 0.6 is 0 Å². The SMILES string of the molecule is CNS(=O)(=O)N1CCC(Nc2ncc3cc(C)c(=O)n(C4CCCC4)c3n2)CC1. The topological polar surface area (TPSA) is 109 Å². The number of aromatic nitrogens is 3. The van der Waals surface area contributed by atoms with Gasteiger partial charge in [-0.1, -0.05) is 12.8 Å². The maximum atomic E-state index is 12.8. The molecular formula is C19H28N6O3S. The van der Waals surface area contributed by atoms with E-state index in [9.17, 15) is 13.2 Å². The summed E-state index contributed by atoms with van der Waals surface area (Å²) < 4.78 is 29.5. The lowest BCUT2D eigenvalue weighted by molar-refractivity contribution is 0.326. The summed E-state index contributed by atoms with van der Waals surface area (Å²) >= 11 is 0. The molecule has 158 valence electrons. The highest BCUT2D eigenvalue weighted by molar-refractivity contribution is 7.87. The van der Waals surface area contributed by atoms with Crippen molar-refractivity contribution in [1.29, 1.82) is 0 Å². The van der Waals surface area contributed by atoms with Gasteiger partial charge in [-0.05, 0) is 38.7 Å². The van der Waals surface area contributed by atoms with Crippen LogP contribution in [0.1, 0.15) is 50.1 Å². The van der Waals surface area contributed by atoms with Crippen molar-refractivity contribution in [2.24, 2.45) is 0 Å². The van der Waals surface area contributed by atoms with Gasteiger partial charge in [-0.15, -0.1) is 0 Å². The minimum Gasteiger partial charge on any atom is -0.351 e. The highest BCUT2D eigenvalue weighted by Crippen LogP contribution is 2.30. The molecular weight excluding hydrogens is 392 g/mol. The number of hydrogen-bond donors (Lipinski definition) is 2. The molecule has 0 radical (unpaired) electrons. The Bertz CT molecular complexity index is 1050. The first-order valence-electron chi connectivity index (χ1n) is 10.2. The normalized spacial score (nSPS) is 19.8. The fraction of sp³-hybridized carbons (Fsp3) is 0.632. The number of rotatable bonds is 5. The first-order chi connectivity index (χ1) is 13.9. The fourth-order valence-electron chi connectivity index (χ4n) is 4.38. The minimum atomic E-state index is -3.38. The van der Waals surface area contributed by atoms with Crippen molar-refractivity contribution in [1.82, 2.24) is 23.6 Å². The van der Waals surface area contributed by atoms with Crippen molar-refractivity contribution in [3.63, 3.8) is 0 Å². The van der Waals surface area contributed by atoms with E-state index in [2.05, 4.69) is 15.0 Å². The van der Waals surface area contributed by atoms with Crippen LogP contribution < -0.4 is 15.6 Å². The van der Waals surface area contributed by atoms with E-state index < -0.39 is 10.2 Å². The fourth-order valence-corrected chi connectivity index (χ4v) is 5.33. The van der Waals surface area contributed by atoms with Gasteiger partial charge in [0.15, 0.2) is 0 Å². The minimum absolute atomic E-state index is 0.0274. The zero-order chi connectivity index (χ0) is 20.6. The van der Waals surface area contributed by atoms with Crippen molar-refractivity contribution in [2.45, 2.75) is 57.5 Å². The van der Waals surface area contributed by atoms with E-state index in [4.69, 9.17) is 4.98 Å². The van der Waals surface area contributed by atoms with Gasteiger partial charge >= 0.3 is 0 Å². The van der Waals surface area contributed by atoms with E-state index >= 15 is 0 Å². The summed E-state index contributed by atoms with van der Waals surface area (Å²) in [5.74, 6) is 0.488. The van der Waals surface area contributed by atoms with E-state index in [0.29, 0.717) is 43.1 Å². The van der Waals surface area contributed by atoms with Gasteiger partial charge in [0.05, 0.1) is 0 Å². The molecule has 2 aliphatic rings. The first-order valence-corrected chi connectivity index (χ1v) is 11.7. The molecule has 4 rings (SSSR count). The van der Waals surface area contributed by atoms with Gasteiger partial charge in [0.2, 0.25) is 5.95 Å². The largest absolute Gasteiger partial charge is 0.351 e. The van der Waals surface area contributed by atoms with Crippen LogP contribution in [-0.4, -0.2) is 53.4 Å². The molecule has 0 bridgehead atoms. The average molecular weight is 421 g/mol. The van der Waals surface area contributed by atoms with Crippen molar-refractivity contribution in [3.05, 3.63) is 28.2 Å². The Labute approximate surface area is 170 Å². The van der Waals surface area contributed by atoms with E-state index in [1.807, 2.05) is 17.6 Å². The molecule has 0 aromatic carbocycles. The van der Waals surface area contributed by atoms with Crippen LogP contribution in [0.2, 0.25) is 0 Å². The number of aryl methyl sites for hydroxylation is 1. The molecule has 3 heterocycles. The number of fused-ring (bicyclic) bond motifs is 1. The van der Waals surface area contributed by atoms with Gasteiger partial charge < -0.3 is 5.32 Å². The van der Waals surface area contributed by atoms with Crippen molar-refractivity contribution >= 4 is 27.2 Å². The Morgan fingerprint density at radius 3 is 2.48 bits per heavy atom. The third kappa shape index (κ3) is 4.01. The summed E-state index contributed by atoms with van der Waals surface area (Å²) in [6, 6.07) is 2.14. The second-order valence-corrected chi connectivity index (χ2v) is 9.81. The molecule has 0 unspecified atom stereocenters. The summed E-state index contributed by atoms with van der Waals surface area (Å²) in [5, 5.41) is 4.21. The zero-order valence-electron chi connectivity index (χ0n) is 16.9. The lowest BCUT2D eigenvalue weighted by atomic mass is 10.1. The summed E-state index contributed by atoms with van der Waals surface area (Å²) in [6.45, 7) is 2.73. The van der Waals surface area contributed by atoms with E-state index in [1.165, 1.54) is 11.4 Å². The summed E-state index contributed by atoms with van der Waals surface area (Å²) in [4.78, 5) is 22.0. The first kappa shape index (κ1) is 20.2. The number of anilines is 1. The second-order valence-electron chi connectivity index (χ2n) is 7.94. The molecule has 10 heteroatoms. The predicted octanol–water partition coefficient (Wildman–Crippen LogP) is 1.56. The molecule has 1 saturated carbocycles. The van der Waals surface area contributed by atoms with Gasteiger partial charge in [-0.3, -0.25) is 9.36 Å². The molecule has 0 amide bonds. The van der Waals surface area contributed by atoms with E-state index in [-0.39, 0.29) is 17.6 Å². The molecule has 0 spiro atoms. The van der Waals surface area contributed by atoms with Gasteiger partial charge in [0.25, 0.3) is 15.8 Å². The van der Waals surface area contributed by atoms with Crippen molar-refractivity contribution < 1.29 is 8.42 Å². The Balaban J connectivity index is 1.57. The Hall–Kier alpha value is -2.04. The molecule has 2 aromatic heterocycles. The monoisotopic (exact) mass is 420 g/mol. The standard InChI is InChI=1S/C19H28N6O3S/c1-13-11-14-12-21-19(22-15-7-9-24(10-8-15)29(27,28)20-2)23-17(14)25(18(13)26)16-5-3-4-6-16/h11-12,15-16,20H,3-10H2,1-2H3,(H,21,22,23). The second kappa shape index (κ2) is 8.00. The molecule has 2 N–H and O–H groups in total. The van der Waals surface area contributed by atoms with Gasteiger partial charge in [-0.25, -0.2) is 9.71 Å². The van der Waals surface area contributed by atoms with Gasteiger partial charge in [0.1, 0.15) is 5.65 Å². The maximum absolute atomic E-state index is 12.8. The smallest absolute Gasteiger partial charge is 0.279 e. The molecule has 2 aromatic rings. The third-order valence-electron chi connectivity index (χ3n) is 6.03. The quantitative estimate of drug-likeness (QED) is 0.760. The number of hydrogen-bond acceptors (Lipinski definition) is 6. The number of nitrogens with one attached hydrogen (secondary N) is 2. The molecule has 1 aliphatic carbocycles.